The SMILES string of the molecule is Cl.O=C(C1CCCCN1)N1CCOC2CCCCC21. The summed E-state index contributed by atoms with van der Waals surface area (Å²) < 4.78 is 5.84. The maximum absolute atomic E-state index is 12.6. The first-order chi connectivity index (χ1) is 8.86. The van der Waals surface area contributed by atoms with Gasteiger partial charge in [-0.2, -0.15) is 0 Å². The number of rotatable bonds is 1. The van der Waals surface area contributed by atoms with Crippen LogP contribution in [0.1, 0.15) is 44.9 Å². The second-order valence-corrected chi connectivity index (χ2v) is 5.80. The van der Waals surface area contributed by atoms with E-state index in [4.69, 9.17) is 4.74 Å². The zero-order valence-electron chi connectivity index (χ0n) is 11.5. The second kappa shape index (κ2) is 6.91. The Hall–Kier alpha value is -0.320. The van der Waals surface area contributed by atoms with E-state index in [1.807, 2.05) is 0 Å². The molecule has 19 heavy (non-hydrogen) atoms. The van der Waals surface area contributed by atoms with E-state index >= 15 is 0 Å². The van der Waals surface area contributed by atoms with Crippen molar-refractivity contribution in [3.05, 3.63) is 0 Å². The highest BCUT2D eigenvalue weighted by Gasteiger charge is 2.38. The molecule has 1 aliphatic carbocycles. The van der Waals surface area contributed by atoms with E-state index in [2.05, 4.69) is 10.2 Å². The van der Waals surface area contributed by atoms with Crippen molar-refractivity contribution >= 4 is 18.3 Å². The Balaban J connectivity index is 0.00000133. The minimum atomic E-state index is 0. The molecule has 3 aliphatic rings. The van der Waals surface area contributed by atoms with E-state index in [0.717, 1.165) is 39.0 Å². The number of hydrogen-bond donors (Lipinski definition) is 1. The lowest BCUT2D eigenvalue weighted by molar-refractivity contribution is -0.152. The van der Waals surface area contributed by atoms with E-state index < -0.39 is 0 Å². The summed E-state index contributed by atoms with van der Waals surface area (Å²) >= 11 is 0. The third-order valence-electron chi connectivity index (χ3n) is 4.62. The molecule has 2 saturated heterocycles. The van der Waals surface area contributed by atoms with E-state index in [-0.39, 0.29) is 18.4 Å². The van der Waals surface area contributed by atoms with E-state index in [9.17, 15) is 4.79 Å². The molecule has 1 saturated carbocycles. The molecule has 1 amide bonds. The highest BCUT2D eigenvalue weighted by atomic mass is 35.5. The number of carbonyl (C=O) groups is 1. The predicted molar refractivity (Wildman–Crippen MR) is 76.6 cm³/mol. The van der Waals surface area contributed by atoms with Crippen LogP contribution in [0.3, 0.4) is 0 Å². The standard InChI is InChI=1S/C14H24N2O2.ClH/c17-14(11-5-3-4-8-15-11)16-9-10-18-13-7-2-1-6-12(13)16;/h11-13,15H,1-10H2;1H. The molecule has 3 unspecified atom stereocenters. The average molecular weight is 289 g/mol. The van der Waals surface area contributed by atoms with E-state index in [1.165, 1.54) is 25.7 Å². The Labute approximate surface area is 121 Å². The summed E-state index contributed by atoms with van der Waals surface area (Å²) in [6.07, 6.45) is 8.46. The van der Waals surface area contributed by atoms with Crippen molar-refractivity contribution in [2.24, 2.45) is 0 Å². The molecule has 3 rings (SSSR count). The number of amides is 1. The molecule has 1 N–H and O–H groups in total. The zero-order chi connectivity index (χ0) is 12.4. The van der Waals surface area contributed by atoms with Crippen molar-refractivity contribution in [3.63, 3.8) is 0 Å². The first-order valence-corrected chi connectivity index (χ1v) is 7.52. The normalized spacial score (nSPS) is 35.2. The van der Waals surface area contributed by atoms with Gasteiger partial charge in [-0.25, -0.2) is 0 Å². The third-order valence-corrected chi connectivity index (χ3v) is 4.62. The highest BCUT2D eigenvalue weighted by Crippen LogP contribution is 2.29. The van der Waals surface area contributed by atoms with Crippen LogP contribution in [0.5, 0.6) is 0 Å². The van der Waals surface area contributed by atoms with Gasteiger partial charge in [0.1, 0.15) is 0 Å². The van der Waals surface area contributed by atoms with Gasteiger partial charge in [-0.05, 0) is 32.2 Å². The van der Waals surface area contributed by atoms with Crippen molar-refractivity contribution < 1.29 is 9.53 Å². The van der Waals surface area contributed by atoms with Crippen LogP contribution in [0.25, 0.3) is 0 Å². The largest absolute Gasteiger partial charge is 0.374 e. The number of ether oxygens (including phenoxy) is 1. The summed E-state index contributed by atoms with van der Waals surface area (Å²) in [6.45, 7) is 2.51. The molecular weight excluding hydrogens is 264 g/mol. The maximum atomic E-state index is 12.6. The van der Waals surface area contributed by atoms with Gasteiger partial charge < -0.3 is 15.0 Å². The summed E-state index contributed by atoms with van der Waals surface area (Å²) in [5.74, 6) is 0.329. The molecule has 0 radical (unpaired) electrons. The van der Waals surface area contributed by atoms with Crippen LogP contribution in [0.2, 0.25) is 0 Å². The van der Waals surface area contributed by atoms with Gasteiger partial charge >= 0.3 is 0 Å². The summed E-state index contributed by atoms with van der Waals surface area (Å²) in [5.41, 5.74) is 0. The molecule has 3 atom stereocenters. The van der Waals surface area contributed by atoms with Crippen LogP contribution in [0.4, 0.5) is 0 Å². The molecule has 2 aliphatic heterocycles. The number of nitrogens with one attached hydrogen (secondary N) is 1. The van der Waals surface area contributed by atoms with E-state index in [0.29, 0.717) is 18.1 Å². The van der Waals surface area contributed by atoms with Crippen LogP contribution in [-0.4, -0.2) is 48.7 Å². The summed E-state index contributed by atoms with van der Waals surface area (Å²) in [6, 6.07) is 0.420. The average Bonchev–Trinajstić information content (AvgIpc) is 2.47. The number of morpholine rings is 1. The van der Waals surface area contributed by atoms with Crippen molar-refractivity contribution in [2.45, 2.75) is 63.1 Å². The van der Waals surface area contributed by atoms with E-state index in [1.54, 1.807) is 0 Å². The Morgan fingerprint density at radius 1 is 1.11 bits per heavy atom. The van der Waals surface area contributed by atoms with Crippen LogP contribution < -0.4 is 5.32 Å². The molecule has 2 heterocycles. The third kappa shape index (κ3) is 3.23. The Kier molecular flexibility index (Phi) is 5.48. The van der Waals surface area contributed by atoms with Crippen molar-refractivity contribution in [2.75, 3.05) is 19.7 Å². The minimum absolute atomic E-state index is 0. The molecule has 4 nitrogen and oxygen atoms in total. The lowest BCUT2D eigenvalue weighted by atomic mass is 9.89. The molecule has 3 fully saturated rings. The monoisotopic (exact) mass is 288 g/mol. The smallest absolute Gasteiger partial charge is 0.240 e. The maximum Gasteiger partial charge on any atom is 0.240 e. The molecule has 0 aromatic rings. The Bertz CT molecular complexity index is 306. The lowest BCUT2D eigenvalue weighted by Crippen LogP contribution is -2.59. The van der Waals surface area contributed by atoms with Gasteiger partial charge in [0.2, 0.25) is 5.91 Å². The van der Waals surface area contributed by atoms with Crippen LogP contribution >= 0.6 is 12.4 Å². The quantitative estimate of drug-likeness (QED) is 0.799. The number of fused-ring (bicyclic) bond motifs is 1. The van der Waals surface area contributed by atoms with Gasteiger partial charge in [0, 0.05) is 6.54 Å². The first kappa shape index (κ1) is 15.1. The number of halogens is 1. The van der Waals surface area contributed by atoms with Gasteiger partial charge in [-0.15, -0.1) is 12.4 Å². The number of piperidine rings is 1. The number of hydrogen-bond acceptors (Lipinski definition) is 3. The summed E-state index contributed by atoms with van der Waals surface area (Å²) in [7, 11) is 0. The molecule has 5 heteroatoms. The van der Waals surface area contributed by atoms with Crippen LogP contribution in [0, 0.1) is 0 Å². The lowest BCUT2D eigenvalue weighted by Gasteiger charge is -2.45. The van der Waals surface area contributed by atoms with Gasteiger partial charge in [0.25, 0.3) is 0 Å². The molecular formula is C14H25ClN2O2. The zero-order valence-corrected chi connectivity index (χ0v) is 12.3. The summed E-state index contributed by atoms with van der Waals surface area (Å²) in [5, 5.41) is 3.38. The van der Waals surface area contributed by atoms with Crippen molar-refractivity contribution in [1.29, 1.82) is 0 Å². The molecule has 0 bridgehead atoms. The van der Waals surface area contributed by atoms with Gasteiger partial charge in [-0.3, -0.25) is 4.79 Å². The van der Waals surface area contributed by atoms with Crippen molar-refractivity contribution in [1.82, 2.24) is 10.2 Å². The topological polar surface area (TPSA) is 41.6 Å². The first-order valence-electron chi connectivity index (χ1n) is 7.52. The van der Waals surface area contributed by atoms with Crippen LogP contribution in [-0.2, 0) is 9.53 Å². The van der Waals surface area contributed by atoms with Crippen molar-refractivity contribution in [3.8, 4) is 0 Å². The van der Waals surface area contributed by atoms with Gasteiger partial charge in [0.15, 0.2) is 0 Å². The molecule has 0 spiro atoms. The Morgan fingerprint density at radius 3 is 2.68 bits per heavy atom. The second-order valence-electron chi connectivity index (χ2n) is 5.80. The molecule has 110 valence electrons. The number of carbonyl (C=O) groups excluding carboxylic acids is 1. The number of nitrogens with zero attached hydrogens (tertiary/aromatic N) is 1. The fourth-order valence-electron chi connectivity index (χ4n) is 3.63. The molecule has 0 aromatic heterocycles. The predicted octanol–water partition coefficient (Wildman–Crippen LogP) is 1.72. The fourth-order valence-corrected chi connectivity index (χ4v) is 3.63. The van der Waals surface area contributed by atoms with Gasteiger partial charge in [-0.1, -0.05) is 19.3 Å². The minimum Gasteiger partial charge on any atom is -0.374 e. The van der Waals surface area contributed by atoms with Crippen LogP contribution in [0.15, 0.2) is 0 Å². The Morgan fingerprint density at radius 2 is 1.89 bits per heavy atom. The highest BCUT2D eigenvalue weighted by molar-refractivity contribution is 5.85. The summed E-state index contributed by atoms with van der Waals surface area (Å²) in [4.78, 5) is 14.7. The van der Waals surface area contributed by atoms with Gasteiger partial charge in [0.05, 0.1) is 24.8 Å². The molecule has 0 aromatic carbocycles. The fraction of sp³-hybridized carbons (Fsp3) is 0.929.